The lowest BCUT2D eigenvalue weighted by molar-refractivity contribution is 0.0571. The van der Waals surface area contributed by atoms with Gasteiger partial charge in [-0.05, 0) is 57.5 Å². The van der Waals surface area contributed by atoms with Gasteiger partial charge in [-0.15, -0.1) is 0 Å². The van der Waals surface area contributed by atoms with Gasteiger partial charge in [0, 0.05) is 12.1 Å². The molecule has 2 N–H and O–H groups in total. The first-order chi connectivity index (χ1) is 8.05. The van der Waals surface area contributed by atoms with Gasteiger partial charge in [-0.2, -0.15) is 0 Å². The van der Waals surface area contributed by atoms with Crippen LogP contribution in [0.4, 0.5) is 0 Å². The molecule has 2 fully saturated rings. The Hall–Kier alpha value is -0.0800. The molecule has 2 nitrogen and oxygen atoms in total. The molecule has 1 unspecified atom stereocenters. The maximum Gasteiger partial charge on any atom is 0.0252 e. The van der Waals surface area contributed by atoms with Crippen LogP contribution in [-0.2, 0) is 0 Å². The summed E-state index contributed by atoms with van der Waals surface area (Å²) >= 11 is 0. The Kier molecular flexibility index (Phi) is 4.14. The molecule has 1 saturated carbocycles. The summed E-state index contributed by atoms with van der Waals surface area (Å²) in [5.74, 6) is 0. The molecule has 1 aliphatic carbocycles. The fourth-order valence-electron chi connectivity index (χ4n) is 3.61. The molecule has 17 heavy (non-hydrogen) atoms. The average molecular weight is 238 g/mol. The van der Waals surface area contributed by atoms with Gasteiger partial charge in [0.15, 0.2) is 0 Å². The molecule has 0 radical (unpaired) electrons. The van der Waals surface area contributed by atoms with Crippen molar-refractivity contribution in [1.29, 1.82) is 0 Å². The van der Waals surface area contributed by atoms with Gasteiger partial charge >= 0.3 is 0 Å². The topological polar surface area (TPSA) is 29.3 Å². The normalized spacial score (nSPS) is 29.1. The highest BCUT2D eigenvalue weighted by atomic mass is 15.2. The summed E-state index contributed by atoms with van der Waals surface area (Å²) < 4.78 is 0. The highest BCUT2D eigenvalue weighted by molar-refractivity contribution is 4.90. The van der Waals surface area contributed by atoms with Gasteiger partial charge < -0.3 is 10.6 Å². The standard InChI is InChI=1S/C15H30N2/c1-3-14(2,16)13-17-11-9-15(10-12-17)7-5-4-6-8-15/h3-13,16H2,1-2H3. The summed E-state index contributed by atoms with van der Waals surface area (Å²) in [4.78, 5) is 2.60. The molecule has 0 aromatic carbocycles. The third-order valence-electron chi connectivity index (χ3n) is 5.22. The number of nitrogens with zero attached hydrogens (tertiary/aromatic N) is 1. The van der Waals surface area contributed by atoms with Crippen molar-refractivity contribution in [2.24, 2.45) is 11.1 Å². The van der Waals surface area contributed by atoms with Crippen molar-refractivity contribution in [3.05, 3.63) is 0 Å². The van der Waals surface area contributed by atoms with E-state index in [-0.39, 0.29) is 5.54 Å². The van der Waals surface area contributed by atoms with Crippen LogP contribution >= 0.6 is 0 Å². The first-order valence-corrected chi connectivity index (χ1v) is 7.57. The Bertz CT molecular complexity index is 231. The molecule has 100 valence electrons. The Morgan fingerprint density at radius 2 is 1.65 bits per heavy atom. The number of nitrogens with two attached hydrogens (primary N) is 1. The molecule has 2 rings (SSSR count). The van der Waals surface area contributed by atoms with E-state index in [2.05, 4.69) is 18.7 Å². The fourth-order valence-corrected chi connectivity index (χ4v) is 3.61. The average Bonchev–Trinajstić information content (AvgIpc) is 2.34. The van der Waals surface area contributed by atoms with E-state index < -0.39 is 0 Å². The summed E-state index contributed by atoms with van der Waals surface area (Å²) in [5.41, 5.74) is 7.01. The lowest BCUT2D eigenvalue weighted by Crippen LogP contribution is -2.51. The Morgan fingerprint density at radius 1 is 1.06 bits per heavy atom. The van der Waals surface area contributed by atoms with Crippen LogP contribution in [0.5, 0.6) is 0 Å². The smallest absolute Gasteiger partial charge is 0.0252 e. The summed E-state index contributed by atoms with van der Waals surface area (Å²) in [5, 5.41) is 0. The second-order valence-electron chi connectivity index (χ2n) is 6.84. The third-order valence-corrected chi connectivity index (χ3v) is 5.22. The second-order valence-corrected chi connectivity index (χ2v) is 6.84. The molecular formula is C15H30N2. The monoisotopic (exact) mass is 238 g/mol. The quantitative estimate of drug-likeness (QED) is 0.818. The molecule has 1 atom stereocenters. The van der Waals surface area contributed by atoms with Crippen LogP contribution < -0.4 is 5.73 Å². The number of hydrogen-bond donors (Lipinski definition) is 1. The van der Waals surface area contributed by atoms with Crippen LogP contribution in [0.25, 0.3) is 0 Å². The molecule has 0 amide bonds. The van der Waals surface area contributed by atoms with Crippen molar-refractivity contribution in [3.8, 4) is 0 Å². The predicted molar refractivity (Wildman–Crippen MR) is 74.1 cm³/mol. The Morgan fingerprint density at radius 3 is 2.18 bits per heavy atom. The van der Waals surface area contributed by atoms with Crippen LogP contribution in [0.2, 0.25) is 0 Å². The molecule has 1 spiro atoms. The molecular weight excluding hydrogens is 208 g/mol. The van der Waals surface area contributed by atoms with Crippen LogP contribution in [0, 0.1) is 5.41 Å². The number of piperidine rings is 1. The third kappa shape index (κ3) is 3.45. The van der Waals surface area contributed by atoms with Crippen molar-refractivity contribution < 1.29 is 0 Å². The molecule has 1 aliphatic heterocycles. The van der Waals surface area contributed by atoms with E-state index in [9.17, 15) is 0 Å². The second kappa shape index (κ2) is 5.27. The summed E-state index contributed by atoms with van der Waals surface area (Å²) in [6.07, 6.45) is 11.3. The van der Waals surface area contributed by atoms with Crippen molar-refractivity contribution >= 4 is 0 Å². The van der Waals surface area contributed by atoms with E-state index in [1.165, 1.54) is 58.0 Å². The molecule has 2 heteroatoms. The van der Waals surface area contributed by atoms with Crippen molar-refractivity contribution in [2.45, 2.75) is 70.8 Å². The zero-order valence-corrected chi connectivity index (χ0v) is 11.8. The van der Waals surface area contributed by atoms with Gasteiger partial charge in [-0.3, -0.25) is 0 Å². The van der Waals surface area contributed by atoms with E-state index in [0.29, 0.717) is 0 Å². The minimum absolute atomic E-state index is 0.0110. The first-order valence-electron chi connectivity index (χ1n) is 7.57. The maximum atomic E-state index is 6.28. The van der Waals surface area contributed by atoms with Gasteiger partial charge in [-0.1, -0.05) is 26.2 Å². The number of hydrogen-bond acceptors (Lipinski definition) is 2. The van der Waals surface area contributed by atoms with E-state index >= 15 is 0 Å². The van der Waals surface area contributed by atoms with Gasteiger partial charge in [0.1, 0.15) is 0 Å². The summed E-state index contributed by atoms with van der Waals surface area (Å²) in [6.45, 7) is 8.05. The van der Waals surface area contributed by atoms with E-state index in [1.807, 2.05) is 0 Å². The van der Waals surface area contributed by atoms with Gasteiger partial charge in [0.2, 0.25) is 0 Å². The number of likely N-dealkylation sites (tertiary alicyclic amines) is 1. The van der Waals surface area contributed by atoms with Crippen LogP contribution in [0.1, 0.15) is 65.2 Å². The minimum Gasteiger partial charge on any atom is -0.324 e. The van der Waals surface area contributed by atoms with E-state index in [4.69, 9.17) is 5.73 Å². The van der Waals surface area contributed by atoms with E-state index in [0.717, 1.165) is 18.4 Å². The highest BCUT2D eigenvalue weighted by Gasteiger charge is 2.36. The maximum absolute atomic E-state index is 6.28. The lowest BCUT2D eigenvalue weighted by Gasteiger charge is -2.45. The van der Waals surface area contributed by atoms with Crippen LogP contribution in [-0.4, -0.2) is 30.1 Å². The SMILES string of the molecule is CCC(C)(N)CN1CCC2(CCCCC2)CC1. The van der Waals surface area contributed by atoms with Gasteiger partial charge in [-0.25, -0.2) is 0 Å². The fraction of sp³-hybridized carbons (Fsp3) is 1.00. The number of rotatable bonds is 3. The van der Waals surface area contributed by atoms with Crippen LogP contribution in [0.3, 0.4) is 0 Å². The molecule has 1 heterocycles. The predicted octanol–water partition coefficient (Wildman–Crippen LogP) is 3.16. The van der Waals surface area contributed by atoms with Gasteiger partial charge in [0.25, 0.3) is 0 Å². The highest BCUT2D eigenvalue weighted by Crippen LogP contribution is 2.44. The van der Waals surface area contributed by atoms with E-state index in [1.54, 1.807) is 0 Å². The zero-order valence-electron chi connectivity index (χ0n) is 11.8. The summed E-state index contributed by atoms with van der Waals surface area (Å²) in [7, 11) is 0. The molecule has 1 saturated heterocycles. The minimum atomic E-state index is 0.0110. The molecule has 2 aliphatic rings. The lowest BCUT2D eigenvalue weighted by atomic mass is 9.68. The molecule has 0 aromatic rings. The van der Waals surface area contributed by atoms with Crippen molar-refractivity contribution in [1.82, 2.24) is 4.90 Å². The largest absolute Gasteiger partial charge is 0.324 e. The van der Waals surface area contributed by atoms with Crippen LogP contribution in [0.15, 0.2) is 0 Å². The summed E-state index contributed by atoms with van der Waals surface area (Å²) in [6, 6.07) is 0. The molecule has 0 bridgehead atoms. The Labute approximate surface area is 107 Å². The first kappa shape index (κ1) is 13.4. The molecule has 0 aromatic heterocycles. The zero-order chi connectivity index (χ0) is 12.4. The Balaban J connectivity index is 1.81. The van der Waals surface area contributed by atoms with Gasteiger partial charge in [0.05, 0.1) is 0 Å². The van der Waals surface area contributed by atoms with Crippen molar-refractivity contribution in [3.63, 3.8) is 0 Å². The van der Waals surface area contributed by atoms with Crippen molar-refractivity contribution in [2.75, 3.05) is 19.6 Å².